The maximum absolute atomic E-state index is 5.76. The number of aryl methyl sites for hydroxylation is 1. The van der Waals surface area contributed by atoms with Crippen molar-refractivity contribution in [3.8, 4) is 0 Å². The topological polar surface area (TPSA) is 29.0 Å². The van der Waals surface area contributed by atoms with Gasteiger partial charge in [0.15, 0.2) is 0 Å². The van der Waals surface area contributed by atoms with Crippen LogP contribution in [-0.4, -0.2) is 28.9 Å². The molecule has 82 valence electrons. The summed E-state index contributed by atoms with van der Waals surface area (Å²) in [5, 5.41) is 0. The van der Waals surface area contributed by atoms with E-state index in [-0.39, 0.29) is 0 Å². The first-order chi connectivity index (χ1) is 7.29. The van der Waals surface area contributed by atoms with Gasteiger partial charge in [0.1, 0.15) is 12.1 Å². The molecule has 1 aromatic rings. The average Bonchev–Trinajstić information content (AvgIpc) is 2.67. The highest BCUT2D eigenvalue weighted by Gasteiger charge is 2.22. The monoisotopic (exact) mass is 225 g/mol. The summed E-state index contributed by atoms with van der Waals surface area (Å²) < 4.78 is 0. The van der Waals surface area contributed by atoms with Crippen LogP contribution < -0.4 is 4.90 Å². The van der Waals surface area contributed by atoms with Crippen molar-refractivity contribution in [3.05, 3.63) is 18.1 Å². The Morgan fingerprint density at radius 3 is 3.13 bits per heavy atom. The van der Waals surface area contributed by atoms with E-state index in [1.54, 1.807) is 6.33 Å². The van der Waals surface area contributed by atoms with Gasteiger partial charge in [-0.25, -0.2) is 9.97 Å². The van der Waals surface area contributed by atoms with Gasteiger partial charge in [0.05, 0.1) is 0 Å². The van der Waals surface area contributed by atoms with Gasteiger partial charge in [-0.05, 0) is 25.7 Å². The Balaban J connectivity index is 2.01. The van der Waals surface area contributed by atoms with Gasteiger partial charge in [-0.1, -0.05) is 0 Å². The molecule has 1 aromatic heterocycles. The Kier molecular flexibility index (Phi) is 3.41. The summed E-state index contributed by atoms with van der Waals surface area (Å²) in [7, 11) is 0. The molecule has 0 N–H and O–H groups in total. The van der Waals surface area contributed by atoms with E-state index in [2.05, 4.69) is 14.9 Å². The predicted molar refractivity (Wildman–Crippen MR) is 62.4 cm³/mol. The zero-order chi connectivity index (χ0) is 10.7. The van der Waals surface area contributed by atoms with Crippen molar-refractivity contribution in [2.24, 2.45) is 5.92 Å². The van der Waals surface area contributed by atoms with Gasteiger partial charge >= 0.3 is 0 Å². The molecule has 3 nitrogen and oxygen atoms in total. The van der Waals surface area contributed by atoms with Crippen molar-refractivity contribution in [2.45, 2.75) is 19.8 Å². The molecule has 1 aliphatic heterocycles. The summed E-state index contributed by atoms with van der Waals surface area (Å²) in [5.41, 5.74) is 1.03. The van der Waals surface area contributed by atoms with E-state index in [1.165, 1.54) is 6.42 Å². The normalized spacial score (nSPS) is 20.9. The van der Waals surface area contributed by atoms with E-state index in [1.807, 2.05) is 13.0 Å². The minimum absolute atomic E-state index is 0.734. The zero-order valence-corrected chi connectivity index (χ0v) is 9.74. The van der Waals surface area contributed by atoms with Crippen molar-refractivity contribution in [2.75, 3.05) is 23.9 Å². The Bertz CT molecular complexity index is 329. The molecular weight excluding hydrogens is 210 g/mol. The van der Waals surface area contributed by atoms with Crippen LogP contribution in [0, 0.1) is 12.8 Å². The third-order valence-corrected chi connectivity index (χ3v) is 3.13. The van der Waals surface area contributed by atoms with E-state index in [9.17, 15) is 0 Å². The Labute approximate surface area is 95.5 Å². The van der Waals surface area contributed by atoms with Crippen LogP contribution in [0.5, 0.6) is 0 Å². The van der Waals surface area contributed by atoms with Crippen LogP contribution in [-0.2, 0) is 0 Å². The van der Waals surface area contributed by atoms with E-state index < -0.39 is 0 Å². The molecule has 0 radical (unpaired) electrons. The summed E-state index contributed by atoms with van der Waals surface area (Å²) in [6.45, 7) is 4.18. The Hall–Kier alpha value is -0.830. The lowest BCUT2D eigenvalue weighted by Crippen LogP contribution is -2.21. The fraction of sp³-hybridized carbons (Fsp3) is 0.636. The third-order valence-electron chi connectivity index (χ3n) is 2.92. The summed E-state index contributed by atoms with van der Waals surface area (Å²) in [4.78, 5) is 10.7. The molecule has 0 bridgehead atoms. The van der Waals surface area contributed by atoms with Crippen LogP contribution in [0.4, 0.5) is 5.82 Å². The molecule has 15 heavy (non-hydrogen) atoms. The number of halogens is 1. The molecule has 1 aliphatic rings. The maximum atomic E-state index is 5.76. The van der Waals surface area contributed by atoms with Crippen molar-refractivity contribution in [3.63, 3.8) is 0 Å². The second-order valence-corrected chi connectivity index (χ2v) is 4.47. The largest absolute Gasteiger partial charge is 0.356 e. The second-order valence-electron chi connectivity index (χ2n) is 4.10. The summed E-state index contributed by atoms with van der Waals surface area (Å²) in [5.74, 6) is 2.55. The summed E-state index contributed by atoms with van der Waals surface area (Å²) in [6.07, 6.45) is 3.98. The lowest BCUT2D eigenvalue weighted by atomic mass is 10.1. The van der Waals surface area contributed by atoms with Gasteiger partial charge in [0.25, 0.3) is 0 Å². The Morgan fingerprint density at radius 2 is 2.40 bits per heavy atom. The molecule has 0 spiro atoms. The van der Waals surface area contributed by atoms with Crippen LogP contribution in [0.25, 0.3) is 0 Å². The van der Waals surface area contributed by atoms with E-state index in [0.717, 1.165) is 42.8 Å². The molecule has 0 aromatic carbocycles. The van der Waals surface area contributed by atoms with E-state index >= 15 is 0 Å². The van der Waals surface area contributed by atoms with Gasteiger partial charge in [-0.2, -0.15) is 0 Å². The summed E-state index contributed by atoms with van der Waals surface area (Å²) >= 11 is 5.76. The molecule has 1 unspecified atom stereocenters. The van der Waals surface area contributed by atoms with Gasteiger partial charge in [0.2, 0.25) is 0 Å². The molecule has 4 heteroatoms. The molecular formula is C11H16ClN3. The van der Waals surface area contributed by atoms with Crippen molar-refractivity contribution < 1.29 is 0 Å². The third kappa shape index (κ3) is 2.59. The lowest BCUT2D eigenvalue weighted by molar-refractivity contribution is 0.572. The first-order valence-electron chi connectivity index (χ1n) is 5.39. The van der Waals surface area contributed by atoms with Crippen LogP contribution >= 0.6 is 11.6 Å². The molecule has 1 fully saturated rings. The quantitative estimate of drug-likeness (QED) is 0.739. The van der Waals surface area contributed by atoms with Crippen molar-refractivity contribution in [1.82, 2.24) is 9.97 Å². The highest BCUT2D eigenvalue weighted by atomic mass is 35.5. The maximum Gasteiger partial charge on any atom is 0.132 e. The fourth-order valence-electron chi connectivity index (χ4n) is 2.04. The molecule has 0 aliphatic carbocycles. The van der Waals surface area contributed by atoms with Gasteiger partial charge in [-0.15, -0.1) is 11.6 Å². The predicted octanol–water partition coefficient (Wildman–Crippen LogP) is 2.24. The fourth-order valence-corrected chi connectivity index (χ4v) is 2.35. The number of alkyl halides is 1. The highest BCUT2D eigenvalue weighted by Crippen LogP contribution is 2.24. The molecule has 2 rings (SSSR count). The van der Waals surface area contributed by atoms with Crippen molar-refractivity contribution >= 4 is 17.4 Å². The van der Waals surface area contributed by atoms with Crippen LogP contribution in [0.3, 0.4) is 0 Å². The van der Waals surface area contributed by atoms with Gasteiger partial charge < -0.3 is 4.90 Å². The number of nitrogens with zero attached hydrogens (tertiary/aromatic N) is 3. The van der Waals surface area contributed by atoms with E-state index in [4.69, 9.17) is 11.6 Å². The number of hydrogen-bond acceptors (Lipinski definition) is 3. The van der Waals surface area contributed by atoms with Crippen LogP contribution in [0.2, 0.25) is 0 Å². The van der Waals surface area contributed by atoms with E-state index in [0.29, 0.717) is 0 Å². The highest BCUT2D eigenvalue weighted by molar-refractivity contribution is 6.17. The molecule has 1 atom stereocenters. The zero-order valence-electron chi connectivity index (χ0n) is 8.99. The first-order valence-corrected chi connectivity index (χ1v) is 5.92. The molecule has 0 amide bonds. The number of aromatic nitrogens is 2. The van der Waals surface area contributed by atoms with Crippen molar-refractivity contribution in [1.29, 1.82) is 0 Å². The minimum Gasteiger partial charge on any atom is -0.356 e. The van der Waals surface area contributed by atoms with Crippen LogP contribution in [0.1, 0.15) is 18.5 Å². The summed E-state index contributed by atoms with van der Waals surface area (Å²) in [6, 6.07) is 2.04. The minimum atomic E-state index is 0.734. The average molecular weight is 226 g/mol. The van der Waals surface area contributed by atoms with Gasteiger partial charge in [-0.3, -0.25) is 0 Å². The molecule has 1 saturated heterocycles. The number of anilines is 1. The molecule has 0 saturated carbocycles. The lowest BCUT2D eigenvalue weighted by Gasteiger charge is -2.17. The van der Waals surface area contributed by atoms with Crippen LogP contribution in [0.15, 0.2) is 12.4 Å². The second kappa shape index (κ2) is 4.79. The van der Waals surface area contributed by atoms with Gasteiger partial charge in [0, 0.05) is 30.7 Å². The Morgan fingerprint density at radius 1 is 1.53 bits per heavy atom. The SMILES string of the molecule is Cc1cc(N2CCC(CCCl)C2)ncn1. The first kappa shape index (κ1) is 10.7. The number of hydrogen-bond donors (Lipinski definition) is 0. The molecule has 2 heterocycles. The standard InChI is InChI=1S/C11H16ClN3/c1-9-6-11(14-8-13-9)15-5-3-10(7-15)2-4-12/h6,8,10H,2-5,7H2,1H3. The smallest absolute Gasteiger partial charge is 0.132 e. The number of rotatable bonds is 3.